The highest BCUT2D eigenvalue weighted by Gasteiger charge is 2.58. The summed E-state index contributed by atoms with van der Waals surface area (Å²) in [6.45, 7) is 3.92. The maximum Gasteiger partial charge on any atom is 0.365 e. The van der Waals surface area contributed by atoms with Gasteiger partial charge in [-0.25, -0.2) is 14.6 Å². The molecule has 0 radical (unpaired) electrons. The number of hydrazone groups is 1. The molecule has 2 aliphatic rings. The van der Waals surface area contributed by atoms with Crippen molar-refractivity contribution >= 4 is 51.9 Å². The number of ether oxygens (including phenoxy) is 2. The first kappa shape index (κ1) is 21.3. The predicted octanol–water partition coefficient (Wildman–Crippen LogP) is 4.39. The summed E-state index contributed by atoms with van der Waals surface area (Å²) in [5, 5.41) is 6.58. The second-order valence-electron chi connectivity index (χ2n) is 6.60. The molecule has 7 nitrogen and oxygen atoms in total. The van der Waals surface area contributed by atoms with Crippen LogP contribution in [0.4, 0.5) is 11.4 Å². The van der Waals surface area contributed by atoms with E-state index in [4.69, 9.17) is 9.47 Å². The van der Waals surface area contributed by atoms with Crippen LogP contribution in [0, 0.1) is 0 Å². The first-order valence-electron chi connectivity index (χ1n) is 9.65. The molecule has 160 valence electrons. The van der Waals surface area contributed by atoms with Crippen LogP contribution in [-0.2, 0) is 19.1 Å². The molecule has 2 aromatic rings. The minimum absolute atomic E-state index is 0.206. The number of thioether (sulfide) groups is 2. The van der Waals surface area contributed by atoms with E-state index in [0.717, 1.165) is 17.1 Å². The first-order chi connectivity index (χ1) is 15.0. The maximum atomic E-state index is 12.8. The number of rotatable bonds is 5. The van der Waals surface area contributed by atoms with E-state index in [2.05, 4.69) is 5.10 Å². The lowest BCUT2D eigenvalue weighted by molar-refractivity contribution is -0.137. The molecule has 2 aromatic carbocycles. The van der Waals surface area contributed by atoms with Gasteiger partial charge in [0.15, 0.2) is 0 Å². The van der Waals surface area contributed by atoms with Gasteiger partial charge in [0.1, 0.15) is 4.91 Å². The monoisotopic (exact) mass is 455 g/mol. The fraction of sp³-hybridized carbons (Fsp3) is 0.227. The Balaban J connectivity index is 1.89. The van der Waals surface area contributed by atoms with Crippen LogP contribution in [0.15, 0.2) is 76.4 Å². The van der Waals surface area contributed by atoms with Crippen molar-refractivity contribution < 1.29 is 19.1 Å². The summed E-state index contributed by atoms with van der Waals surface area (Å²) in [5.41, 5.74) is 2.37. The highest BCUT2D eigenvalue weighted by Crippen LogP contribution is 2.60. The Kier molecular flexibility index (Phi) is 5.97. The van der Waals surface area contributed by atoms with Crippen LogP contribution in [0.5, 0.6) is 0 Å². The van der Waals surface area contributed by atoms with E-state index in [0.29, 0.717) is 4.91 Å². The van der Waals surface area contributed by atoms with Gasteiger partial charge < -0.3 is 14.4 Å². The Bertz CT molecular complexity index is 1060. The molecule has 1 atom stereocenters. The summed E-state index contributed by atoms with van der Waals surface area (Å²) in [7, 11) is 1.33. The van der Waals surface area contributed by atoms with Gasteiger partial charge in [-0.3, -0.25) is 0 Å². The average Bonchev–Trinajstić information content (AvgIpc) is 3.32. The number of hydrogen-bond donors (Lipinski definition) is 0. The SMILES string of the molecule is CCOC(=O)C1=C(C)N(c2ccccc2)[C@@]2(SC(C(=O)OC)=NN2c2ccccc2)S1. The van der Waals surface area contributed by atoms with Gasteiger partial charge in [-0.15, -0.1) is 0 Å². The number of carbonyl (C=O) groups excluding carboxylic acids is 2. The van der Waals surface area contributed by atoms with Crippen molar-refractivity contribution in [1.29, 1.82) is 0 Å². The number of anilines is 2. The molecule has 0 aliphatic carbocycles. The summed E-state index contributed by atoms with van der Waals surface area (Å²) in [6.07, 6.45) is 0. The molecule has 0 amide bonds. The third kappa shape index (κ3) is 3.68. The Hall–Kier alpha value is -2.91. The van der Waals surface area contributed by atoms with Gasteiger partial charge in [0, 0.05) is 11.4 Å². The Morgan fingerprint density at radius 3 is 2.16 bits per heavy atom. The van der Waals surface area contributed by atoms with Gasteiger partial charge in [-0.2, -0.15) is 5.10 Å². The second kappa shape index (κ2) is 8.68. The number of para-hydroxylation sites is 2. The number of allylic oxidation sites excluding steroid dienone is 1. The van der Waals surface area contributed by atoms with Crippen molar-refractivity contribution in [2.45, 2.75) is 18.2 Å². The molecule has 0 aromatic heterocycles. The largest absolute Gasteiger partial charge is 0.464 e. The standard InChI is InChI=1S/C22H21N3O4S2/c1-4-29-20(26)18-15(2)24(16-11-7-5-8-12-16)22(30-18)25(17-13-9-6-10-14-17)23-19(31-22)21(27)28-3/h5-14H,4H2,1-3H3/t22-/m0/s1. The van der Waals surface area contributed by atoms with Gasteiger partial charge in [-0.1, -0.05) is 48.2 Å². The van der Waals surface area contributed by atoms with E-state index in [-0.39, 0.29) is 11.7 Å². The summed E-state index contributed by atoms with van der Waals surface area (Å²) < 4.78 is 9.30. The van der Waals surface area contributed by atoms with Crippen LogP contribution in [0.2, 0.25) is 0 Å². The van der Waals surface area contributed by atoms with Gasteiger partial charge in [-0.05, 0) is 49.9 Å². The Morgan fingerprint density at radius 1 is 0.968 bits per heavy atom. The molecule has 0 N–H and O–H groups in total. The molecule has 2 heterocycles. The molecule has 0 fully saturated rings. The zero-order valence-electron chi connectivity index (χ0n) is 17.3. The van der Waals surface area contributed by atoms with Crippen LogP contribution in [0.25, 0.3) is 0 Å². The van der Waals surface area contributed by atoms with Crippen LogP contribution < -0.4 is 9.91 Å². The number of methoxy groups -OCH3 is 1. The van der Waals surface area contributed by atoms with Gasteiger partial charge in [0.05, 0.1) is 19.4 Å². The lowest BCUT2D eigenvalue weighted by atomic mass is 10.2. The van der Waals surface area contributed by atoms with Crippen molar-refractivity contribution in [2.24, 2.45) is 5.10 Å². The normalized spacial score (nSPS) is 20.3. The molecule has 1 spiro atoms. The molecule has 0 unspecified atom stereocenters. The van der Waals surface area contributed by atoms with Crippen molar-refractivity contribution in [1.82, 2.24) is 0 Å². The molecule has 2 aliphatic heterocycles. The van der Waals surface area contributed by atoms with Gasteiger partial charge in [0.2, 0.25) is 9.37 Å². The Morgan fingerprint density at radius 2 is 1.58 bits per heavy atom. The molecule has 4 rings (SSSR count). The predicted molar refractivity (Wildman–Crippen MR) is 125 cm³/mol. The van der Waals surface area contributed by atoms with Crippen molar-refractivity contribution in [3.8, 4) is 0 Å². The zero-order chi connectivity index (χ0) is 22.0. The van der Waals surface area contributed by atoms with Crippen LogP contribution in [-0.4, -0.2) is 35.0 Å². The number of esters is 2. The molecule has 0 saturated carbocycles. The smallest absolute Gasteiger partial charge is 0.365 e. The number of hydrogen-bond acceptors (Lipinski definition) is 9. The fourth-order valence-corrected chi connectivity index (χ4v) is 6.37. The highest BCUT2D eigenvalue weighted by atomic mass is 32.2. The summed E-state index contributed by atoms with van der Waals surface area (Å²) >= 11 is 2.55. The van der Waals surface area contributed by atoms with E-state index in [1.54, 1.807) is 11.9 Å². The van der Waals surface area contributed by atoms with E-state index < -0.39 is 16.3 Å². The molecule has 0 bridgehead atoms. The van der Waals surface area contributed by atoms with Gasteiger partial charge >= 0.3 is 11.9 Å². The van der Waals surface area contributed by atoms with Crippen molar-refractivity contribution in [3.05, 3.63) is 71.3 Å². The van der Waals surface area contributed by atoms with E-state index in [1.165, 1.54) is 30.6 Å². The lowest BCUT2D eigenvalue weighted by Gasteiger charge is -2.41. The number of benzene rings is 2. The van der Waals surface area contributed by atoms with Crippen LogP contribution >= 0.6 is 23.5 Å². The minimum atomic E-state index is -0.974. The van der Waals surface area contributed by atoms with Gasteiger partial charge in [0.25, 0.3) is 0 Å². The highest BCUT2D eigenvalue weighted by molar-refractivity contribution is 8.29. The second-order valence-corrected chi connectivity index (χ2v) is 9.20. The fourth-order valence-electron chi connectivity index (χ4n) is 3.39. The van der Waals surface area contributed by atoms with Crippen LogP contribution in [0.1, 0.15) is 13.8 Å². The first-order valence-corrected chi connectivity index (χ1v) is 11.3. The summed E-state index contributed by atoms with van der Waals surface area (Å²) in [4.78, 5) is 27.7. The van der Waals surface area contributed by atoms with Crippen LogP contribution in [0.3, 0.4) is 0 Å². The maximum absolute atomic E-state index is 12.8. The van der Waals surface area contributed by atoms with E-state index in [1.807, 2.05) is 72.5 Å². The average molecular weight is 456 g/mol. The van der Waals surface area contributed by atoms with E-state index in [9.17, 15) is 9.59 Å². The topological polar surface area (TPSA) is 71.4 Å². The van der Waals surface area contributed by atoms with Crippen molar-refractivity contribution in [3.63, 3.8) is 0 Å². The number of carbonyl (C=O) groups is 2. The summed E-state index contributed by atoms with van der Waals surface area (Å²) in [6, 6.07) is 19.2. The Labute approximate surface area is 189 Å². The van der Waals surface area contributed by atoms with Crippen molar-refractivity contribution in [2.75, 3.05) is 23.6 Å². The minimum Gasteiger partial charge on any atom is -0.464 e. The quantitative estimate of drug-likeness (QED) is 0.615. The summed E-state index contributed by atoms with van der Waals surface area (Å²) in [5.74, 6) is -0.929. The number of nitrogens with zero attached hydrogens (tertiary/aromatic N) is 3. The molecular weight excluding hydrogens is 434 g/mol. The molecular formula is C22H21N3O4S2. The van der Waals surface area contributed by atoms with E-state index >= 15 is 0 Å². The lowest BCUT2D eigenvalue weighted by Crippen LogP contribution is -2.49. The third-order valence-corrected chi connectivity index (χ3v) is 7.56. The molecule has 9 heteroatoms. The third-order valence-electron chi connectivity index (χ3n) is 4.71. The molecule has 31 heavy (non-hydrogen) atoms. The zero-order valence-corrected chi connectivity index (χ0v) is 18.9. The molecule has 0 saturated heterocycles.